The number of nitrogens with zero attached hydrogens (tertiary/aromatic N) is 3. The lowest BCUT2D eigenvalue weighted by Crippen LogP contribution is -2.15. The molecule has 0 aliphatic carbocycles. The highest BCUT2D eigenvalue weighted by Crippen LogP contribution is 2.36. The number of rotatable bonds is 5. The Bertz CT molecular complexity index is 1120. The van der Waals surface area contributed by atoms with E-state index in [-0.39, 0.29) is 0 Å². The fraction of sp³-hybridized carbons (Fsp3) is 0.286. The first-order chi connectivity index (χ1) is 13.1. The molecule has 6 nitrogen and oxygen atoms in total. The topological polar surface area (TPSA) is 75.9 Å². The van der Waals surface area contributed by atoms with Crippen LogP contribution in [0.25, 0.3) is 32.9 Å². The van der Waals surface area contributed by atoms with E-state index in [1.54, 1.807) is 6.20 Å². The molecule has 2 aromatic heterocycles. The first-order valence-corrected chi connectivity index (χ1v) is 9.21. The van der Waals surface area contributed by atoms with E-state index < -0.39 is 0 Å². The number of anilines is 2. The van der Waals surface area contributed by atoms with Crippen molar-refractivity contribution in [2.24, 2.45) is 0 Å². The molecule has 4 rings (SSSR count). The summed E-state index contributed by atoms with van der Waals surface area (Å²) in [5.74, 6) is 1.57. The summed E-state index contributed by atoms with van der Waals surface area (Å²) in [4.78, 5) is 0. The maximum Gasteiger partial charge on any atom is 0.177 e. The zero-order chi connectivity index (χ0) is 19.0. The van der Waals surface area contributed by atoms with E-state index in [0.29, 0.717) is 6.04 Å². The fourth-order valence-corrected chi connectivity index (χ4v) is 3.33. The molecule has 0 unspecified atom stereocenters. The summed E-state index contributed by atoms with van der Waals surface area (Å²) in [6, 6.07) is 10.8. The van der Waals surface area contributed by atoms with Crippen LogP contribution in [0.5, 0.6) is 0 Å². The number of aromatic nitrogens is 3. The Morgan fingerprint density at radius 3 is 2.70 bits per heavy atom. The molecule has 138 valence electrons. The van der Waals surface area contributed by atoms with E-state index in [4.69, 9.17) is 4.52 Å². The van der Waals surface area contributed by atoms with Crippen LogP contribution in [0.2, 0.25) is 0 Å². The second-order valence-corrected chi connectivity index (χ2v) is 6.86. The molecule has 0 fully saturated rings. The van der Waals surface area contributed by atoms with Gasteiger partial charge in [-0.15, -0.1) is 5.10 Å². The molecular weight excluding hydrogens is 338 g/mol. The number of benzene rings is 2. The summed E-state index contributed by atoms with van der Waals surface area (Å²) in [5.41, 5.74) is 4.06. The second-order valence-electron chi connectivity index (χ2n) is 6.86. The SMILES string of the molecule is CC[C@@H](C)Nc1nncc2cc(-c3c(C)ccc4c(NC)noc34)ccc12. The third-order valence-electron chi connectivity index (χ3n) is 5.03. The van der Waals surface area contributed by atoms with Crippen LogP contribution in [-0.4, -0.2) is 28.4 Å². The molecule has 0 spiro atoms. The van der Waals surface area contributed by atoms with E-state index in [2.05, 4.69) is 71.0 Å². The Labute approximate surface area is 158 Å². The monoisotopic (exact) mass is 361 g/mol. The molecule has 4 aromatic rings. The predicted molar refractivity (Wildman–Crippen MR) is 110 cm³/mol. The zero-order valence-corrected chi connectivity index (χ0v) is 16.0. The van der Waals surface area contributed by atoms with E-state index in [9.17, 15) is 0 Å². The summed E-state index contributed by atoms with van der Waals surface area (Å²) in [5, 5.41) is 22.2. The lowest BCUT2D eigenvalue weighted by molar-refractivity contribution is 0.460. The number of hydrogen-bond donors (Lipinski definition) is 2. The highest BCUT2D eigenvalue weighted by molar-refractivity contribution is 6.02. The first kappa shape index (κ1) is 17.3. The summed E-state index contributed by atoms with van der Waals surface area (Å²) < 4.78 is 5.66. The van der Waals surface area contributed by atoms with Crippen molar-refractivity contribution >= 4 is 33.4 Å². The Morgan fingerprint density at radius 2 is 1.93 bits per heavy atom. The van der Waals surface area contributed by atoms with Gasteiger partial charge in [-0.05, 0) is 49.6 Å². The summed E-state index contributed by atoms with van der Waals surface area (Å²) in [6.07, 6.45) is 2.83. The molecule has 0 saturated carbocycles. The lowest BCUT2D eigenvalue weighted by atomic mass is 9.96. The molecule has 0 aliphatic rings. The van der Waals surface area contributed by atoms with E-state index in [1.807, 2.05) is 13.1 Å². The zero-order valence-electron chi connectivity index (χ0n) is 16.0. The van der Waals surface area contributed by atoms with Gasteiger partial charge in [0.1, 0.15) is 0 Å². The van der Waals surface area contributed by atoms with Crippen molar-refractivity contribution in [3.8, 4) is 11.1 Å². The van der Waals surface area contributed by atoms with Gasteiger partial charge in [0.2, 0.25) is 0 Å². The summed E-state index contributed by atoms with van der Waals surface area (Å²) in [6.45, 7) is 6.37. The average Bonchev–Trinajstić information content (AvgIpc) is 3.10. The lowest BCUT2D eigenvalue weighted by Gasteiger charge is -2.14. The third-order valence-corrected chi connectivity index (χ3v) is 5.03. The van der Waals surface area contributed by atoms with Crippen LogP contribution in [0.1, 0.15) is 25.8 Å². The quantitative estimate of drug-likeness (QED) is 0.521. The van der Waals surface area contributed by atoms with E-state index in [0.717, 1.165) is 56.5 Å². The minimum absolute atomic E-state index is 0.342. The Balaban J connectivity index is 1.87. The molecule has 0 saturated heterocycles. The van der Waals surface area contributed by atoms with Crippen LogP contribution >= 0.6 is 0 Å². The predicted octanol–water partition coefficient (Wildman–Crippen LogP) is 5.00. The van der Waals surface area contributed by atoms with Crippen LogP contribution in [-0.2, 0) is 0 Å². The van der Waals surface area contributed by atoms with Crippen LogP contribution < -0.4 is 10.6 Å². The molecule has 2 heterocycles. The standard InChI is InChI=1S/C21H23N5O/c1-5-13(3)24-21-16-9-7-14(10-15(16)11-23-25-21)18-12(2)6-8-17-19(18)27-26-20(17)22-4/h6-11,13H,5H2,1-4H3,(H,22,26)(H,24,25)/t13-/m1/s1. The summed E-state index contributed by atoms with van der Waals surface area (Å²) >= 11 is 0. The molecule has 2 N–H and O–H groups in total. The highest BCUT2D eigenvalue weighted by atomic mass is 16.5. The van der Waals surface area contributed by atoms with Gasteiger partial charge in [0.05, 0.1) is 11.6 Å². The molecular formula is C21H23N5O. The van der Waals surface area contributed by atoms with Crippen molar-refractivity contribution in [2.75, 3.05) is 17.7 Å². The minimum atomic E-state index is 0.342. The van der Waals surface area contributed by atoms with Crippen molar-refractivity contribution in [1.29, 1.82) is 0 Å². The molecule has 0 amide bonds. The minimum Gasteiger partial charge on any atom is -0.370 e. The molecule has 0 radical (unpaired) electrons. The average molecular weight is 361 g/mol. The maximum absolute atomic E-state index is 5.66. The highest BCUT2D eigenvalue weighted by Gasteiger charge is 2.16. The van der Waals surface area contributed by atoms with Gasteiger partial charge in [-0.25, -0.2) is 0 Å². The first-order valence-electron chi connectivity index (χ1n) is 9.21. The van der Waals surface area contributed by atoms with Gasteiger partial charge in [-0.2, -0.15) is 5.10 Å². The number of nitrogens with one attached hydrogen (secondary N) is 2. The third kappa shape index (κ3) is 2.97. The molecule has 6 heteroatoms. The van der Waals surface area contributed by atoms with Crippen molar-refractivity contribution in [2.45, 2.75) is 33.2 Å². The smallest absolute Gasteiger partial charge is 0.177 e. The molecule has 1 atom stereocenters. The molecule has 0 aliphatic heterocycles. The fourth-order valence-electron chi connectivity index (χ4n) is 3.33. The van der Waals surface area contributed by atoms with Gasteiger partial charge in [0.25, 0.3) is 0 Å². The van der Waals surface area contributed by atoms with Gasteiger partial charge in [-0.3, -0.25) is 0 Å². The van der Waals surface area contributed by atoms with E-state index in [1.165, 1.54) is 0 Å². The van der Waals surface area contributed by atoms with Crippen LogP contribution in [0.3, 0.4) is 0 Å². The van der Waals surface area contributed by atoms with E-state index >= 15 is 0 Å². The molecule has 0 bridgehead atoms. The van der Waals surface area contributed by atoms with Crippen molar-refractivity contribution in [1.82, 2.24) is 15.4 Å². The van der Waals surface area contributed by atoms with Gasteiger partial charge in [-0.1, -0.05) is 24.2 Å². The van der Waals surface area contributed by atoms with Crippen molar-refractivity contribution in [3.05, 3.63) is 42.1 Å². The van der Waals surface area contributed by atoms with Crippen LogP contribution in [0.15, 0.2) is 41.1 Å². The van der Waals surface area contributed by atoms with Crippen LogP contribution in [0.4, 0.5) is 11.6 Å². The Kier molecular flexibility index (Phi) is 4.39. The molecule has 27 heavy (non-hydrogen) atoms. The maximum atomic E-state index is 5.66. The largest absolute Gasteiger partial charge is 0.370 e. The normalized spacial score (nSPS) is 12.4. The Hall–Kier alpha value is -3.15. The van der Waals surface area contributed by atoms with Crippen LogP contribution in [0, 0.1) is 6.92 Å². The van der Waals surface area contributed by atoms with Crippen molar-refractivity contribution < 1.29 is 4.52 Å². The van der Waals surface area contributed by atoms with Gasteiger partial charge < -0.3 is 15.2 Å². The van der Waals surface area contributed by atoms with Gasteiger partial charge in [0, 0.05) is 29.4 Å². The number of hydrogen-bond acceptors (Lipinski definition) is 6. The van der Waals surface area contributed by atoms with Crippen molar-refractivity contribution in [3.63, 3.8) is 0 Å². The summed E-state index contributed by atoms with van der Waals surface area (Å²) in [7, 11) is 1.84. The second kappa shape index (κ2) is 6.87. The van der Waals surface area contributed by atoms with Gasteiger partial charge in [0.15, 0.2) is 17.2 Å². The number of fused-ring (bicyclic) bond motifs is 2. The van der Waals surface area contributed by atoms with Gasteiger partial charge >= 0.3 is 0 Å². The number of aryl methyl sites for hydroxylation is 1. The Morgan fingerprint density at radius 1 is 1.11 bits per heavy atom. The molecule has 2 aromatic carbocycles.